The topological polar surface area (TPSA) is 92.7 Å². The van der Waals surface area contributed by atoms with Crippen LogP contribution in [0.15, 0.2) is 24.3 Å². The number of carbonyl (C=O) groups is 1. The molecule has 1 heterocycles. The van der Waals surface area contributed by atoms with E-state index in [-0.39, 0.29) is 43.1 Å². The van der Waals surface area contributed by atoms with Gasteiger partial charge in [-0.25, -0.2) is 8.42 Å². The number of benzene rings is 1. The third-order valence-electron chi connectivity index (χ3n) is 6.69. The molecule has 0 aliphatic rings. The van der Waals surface area contributed by atoms with Crippen LogP contribution in [-0.4, -0.2) is 50.7 Å². The van der Waals surface area contributed by atoms with E-state index in [2.05, 4.69) is 37.4 Å². The van der Waals surface area contributed by atoms with Crippen molar-refractivity contribution in [1.82, 2.24) is 5.32 Å². The van der Waals surface area contributed by atoms with Gasteiger partial charge in [-0.1, -0.05) is 54.2 Å². The Kier molecular flexibility index (Phi) is 11.2. The molecule has 1 amide bonds. The molecular weight excluding hydrogens is 494 g/mol. The van der Waals surface area contributed by atoms with Crippen LogP contribution in [0.2, 0.25) is 0 Å². The highest BCUT2D eigenvalue weighted by Crippen LogP contribution is 2.44. The largest absolute Gasteiger partial charge is 0.491 e. The Hall–Kier alpha value is -1.90. The van der Waals surface area contributed by atoms with E-state index in [0.29, 0.717) is 4.88 Å². The molecular formula is C28H45NO5S2. The van der Waals surface area contributed by atoms with E-state index in [1.165, 1.54) is 11.3 Å². The summed E-state index contributed by atoms with van der Waals surface area (Å²) in [5, 5.41) is 13.1. The van der Waals surface area contributed by atoms with Crippen LogP contribution in [0.5, 0.6) is 5.75 Å². The minimum atomic E-state index is -3.13. The molecule has 0 bridgehead atoms. The van der Waals surface area contributed by atoms with E-state index in [9.17, 15) is 18.3 Å². The molecule has 1 aromatic heterocycles. The number of thiophene rings is 1. The zero-order chi connectivity index (χ0) is 26.6. The number of aryl methyl sites for hydroxylation is 2. The van der Waals surface area contributed by atoms with Crippen molar-refractivity contribution < 1.29 is 23.1 Å². The van der Waals surface area contributed by atoms with Crippen LogP contribution in [0.1, 0.15) is 86.1 Å². The van der Waals surface area contributed by atoms with Gasteiger partial charge in [-0.2, -0.15) is 0 Å². The van der Waals surface area contributed by atoms with Gasteiger partial charge in [-0.3, -0.25) is 4.79 Å². The number of rotatable bonds is 11. The van der Waals surface area contributed by atoms with Crippen molar-refractivity contribution in [3.8, 4) is 5.75 Å². The Labute approximate surface area is 222 Å². The SMILES string of the molecule is C.CCC(CC)(c1ccc(OCC(O)C(C)(C)C)c(C)c1)c1cc(C)c(C(=O)NCCS(C)(=O)=O)s1. The number of nitrogens with one attached hydrogen (secondary N) is 1. The zero-order valence-electron chi connectivity index (χ0n) is 22.3. The van der Waals surface area contributed by atoms with E-state index in [1.54, 1.807) is 0 Å². The van der Waals surface area contributed by atoms with E-state index in [0.717, 1.165) is 46.4 Å². The molecule has 2 N–H and O–H groups in total. The lowest BCUT2D eigenvalue weighted by Crippen LogP contribution is -2.32. The van der Waals surface area contributed by atoms with Gasteiger partial charge in [0.25, 0.3) is 5.91 Å². The third kappa shape index (κ3) is 7.80. The number of aliphatic hydroxyl groups excluding tert-OH is 1. The number of hydrogen-bond acceptors (Lipinski definition) is 6. The summed E-state index contributed by atoms with van der Waals surface area (Å²) in [6.07, 6.45) is 2.32. The monoisotopic (exact) mass is 539 g/mol. The molecule has 8 heteroatoms. The maximum atomic E-state index is 12.8. The summed E-state index contributed by atoms with van der Waals surface area (Å²) in [5.74, 6) is 0.442. The van der Waals surface area contributed by atoms with E-state index >= 15 is 0 Å². The van der Waals surface area contributed by atoms with E-state index in [1.807, 2.05) is 40.7 Å². The molecule has 0 fully saturated rings. The van der Waals surface area contributed by atoms with Crippen LogP contribution in [0, 0.1) is 19.3 Å². The van der Waals surface area contributed by atoms with Gasteiger partial charge in [0.05, 0.1) is 16.7 Å². The van der Waals surface area contributed by atoms with Crippen LogP contribution in [0.3, 0.4) is 0 Å². The molecule has 0 aliphatic heterocycles. The maximum absolute atomic E-state index is 12.8. The lowest BCUT2D eigenvalue weighted by molar-refractivity contribution is 0.0216. The second kappa shape index (κ2) is 12.6. The first kappa shape index (κ1) is 32.1. The Balaban J connectivity index is 0.00000648. The minimum Gasteiger partial charge on any atom is -0.491 e. The first-order chi connectivity index (χ1) is 16.1. The number of amides is 1. The average Bonchev–Trinajstić information content (AvgIpc) is 3.14. The third-order valence-corrected chi connectivity index (χ3v) is 9.07. The van der Waals surface area contributed by atoms with Gasteiger partial charge < -0.3 is 15.2 Å². The Morgan fingerprint density at radius 2 is 1.72 bits per heavy atom. The van der Waals surface area contributed by atoms with Gasteiger partial charge in [0.15, 0.2) is 0 Å². The number of hydrogen-bond donors (Lipinski definition) is 2. The molecule has 1 aromatic carbocycles. The van der Waals surface area contributed by atoms with Crippen LogP contribution in [0.25, 0.3) is 0 Å². The first-order valence-corrected chi connectivity index (χ1v) is 15.0. The number of aliphatic hydroxyl groups is 1. The number of sulfone groups is 1. The fraction of sp³-hybridized carbons (Fsp3) is 0.607. The van der Waals surface area contributed by atoms with E-state index < -0.39 is 15.9 Å². The molecule has 1 unspecified atom stereocenters. The molecule has 1 atom stereocenters. The highest BCUT2D eigenvalue weighted by molar-refractivity contribution is 7.90. The van der Waals surface area contributed by atoms with Gasteiger partial charge in [0.1, 0.15) is 22.2 Å². The Bertz CT molecular complexity index is 1130. The van der Waals surface area contributed by atoms with Crippen LogP contribution < -0.4 is 10.1 Å². The fourth-order valence-corrected chi connectivity index (χ4v) is 5.97. The van der Waals surface area contributed by atoms with Gasteiger partial charge in [0.2, 0.25) is 0 Å². The van der Waals surface area contributed by atoms with Crippen molar-refractivity contribution in [3.63, 3.8) is 0 Å². The molecule has 2 aromatic rings. The lowest BCUT2D eigenvalue weighted by Gasteiger charge is -2.32. The van der Waals surface area contributed by atoms with Crippen molar-refractivity contribution in [3.05, 3.63) is 50.7 Å². The summed E-state index contributed by atoms with van der Waals surface area (Å²) in [6.45, 7) is 14.5. The quantitative estimate of drug-likeness (QED) is 0.384. The van der Waals surface area contributed by atoms with Crippen molar-refractivity contribution in [2.24, 2.45) is 5.41 Å². The van der Waals surface area contributed by atoms with Gasteiger partial charge in [-0.15, -0.1) is 11.3 Å². The summed E-state index contributed by atoms with van der Waals surface area (Å²) in [7, 11) is -3.13. The summed E-state index contributed by atoms with van der Waals surface area (Å²) < 4.78 is 28.7. The highest BCUT2D eigenvalue weighted by atomic mass is 32.2. The van der Waals surface area contributed by atoms with Crippen molar-refractivity contribution in [1.29, 1.82) is 0 Å². The van der Waals surface area contributed by atoms with Crippen LogP contribution in [0.4, 0.5) is 0 Å². The summed E-state index contributed by atoms with van der Waals surface area (Å²) in [4.78, 5) is 14.5. The molecule has 0 saturated heterocycles. The van der Waals surface area contributed by atoms with Crippen molar-refractivity contribution >= 4 is 27.1 Å². The summed E-state index contributed by atoms with van der Waals surface area (Å²) >= 11 is 1.48. The molecule has 204 valence electrons. The predicted octanol–water partition coefficient (Wildman–Crippen LogP) is 5.67. The standard InChI is InChI=1S/C27H41NO5S2.CH4/c1-9-27(10-2,20-11-12-21(18(3)15-20)33-17-22(29)26(5,6)7)23-16-19(4)24(34-23)25(30)28-13-14-35(8,31)32;/h11-12,15-16,22,29H,9-10,13-14,17H2,1-8H3,(H,28,30);1H4. The molecule has 6 nitrogen and oxygen atoms in total. The van der Waals surface area contributed by atoms with Crippen LogP contribution in [-0.2, 0) is 15.3 Å². The van der Waals surface area contributed by atoms with Gasteiger partial charge in [0, 0.05) is 23.1 Å². The van der Waals surface area contributed by atoms with Crippen molar-refractivity contribution in [2.75, 3.05) is 25.2 Å². The maximum Gasteiger partial charge on any atom is 0.261 e. The molecule has 36 heavy (non-hydrogen) atoms. The zero-order valence-corrected chi connectivity index (χ0v) is 24.0. The first-order valence-electron chi connectivity index (χ1n) is 12.1. The molecule has 0 saturated carbocycles. The normalized spacial score (nSPS) is 13.1. The number of carbonyl (C=O) groups excluding carboxylic acids is 1. The van der Waals surface area contributed by atoms with Gasteiger partial charge >= 0.3 is 0 Å². The highest BCUT2D eigenvalue weighted by Gasteiger charge is 2.34. The predicted molar refractivity (Wildman–Crippen MR) is 151 cm³/mol. The summed E-state index contributed by atoms with van der Waals surface area (Å²) in [6, 6.07) is 8.29. The van der Waals surface area contributed by atoms with Crippen LogP contribution >= 0.6 is 11.3 Å². The minimum absolute atomic E-state index is 0. The average molecular weight is 540 g/mol. The second-order valence-electron chi connectivity index (χ2n) is 10.5. The Morgan fingerprint density at radius 3 is 2.22 bits per heavy atom. The molecule has 0 spiro atoms. The molecule has 0 aliphatic carbocycles. The summed E-state index contributed by atoms with van der Waals surface area (Å²) in [5.41, 5.74) is 2.55. The van der Waals surface area contributed by atoms with Gasteiger partial charge in [-0.05, 0) is 60.9 Å². The van der Waals surface area contributed by atoms with Crippen molar-refractivity contribution in [2.45, 2.75) is 80.3 Å². The molecule has 0 radical (unpaired) electrons. The lowest BCUT2D eigenvalue weighted by atomic mass is 9.74. The smallest absolute Gasteiger partial charge is 0.261 e. The molecule has 2 rings (SSSR count). The Morgan fingerprint density at radius 1 is 1.11 bits per heavy atom. The second-order valence-corrected chi connectivity index (χ2v) is 13.8. The van der Waals surface area contributed by atoms with E-state index in [4.69, 9.17) is 4.74 Å². The number of ether oxygens (including phenoxy) is 1. The fourth-order valence-electron chi connectivity index (χ4n) is 4.05.